The quantitative estimate of drug-likeness (QED) is 0.368. The number of nitrogens with one attached hydrogen (secondary N) is 1. The van der Waals surface area contributed by atoms with E-state index in [0.29, 0.717) is 16.3 Å². The smallest absolute Gasteiger partial charge is 0.248 e. The third-order valence-corrected chi connectivity index (χ3v) is 6.45. The molecule has 2 heterocycles. The predicted octanol–water partition coefficient (Wildman–Crippen LogP) is 4.53. The molecule has 0 unspecified atom stereocenters. The molecule has 0 fully saturated rings. The van der Waals surface area contributed by atoms with E-state index in [1.54, 1.807) is 24.3 Å². The van der Waals surface area contributed by atoms with Gasteiger partial charge in [-0.05, 0) is 50.4 Å². The fourth-order valence-corrected chi connectivity index (χ4v) is 4.62. The highest BCUT2D eigenvalue weighted by Gasteiger charge is 2.34. The molecule has 4 aromatic rings. The van der Waals surface area contributed by atoms with Crippen LogP contribution in [-0.4, -0.2) is 42.5 Å². The Balaban J connectivity index is 1.67. The number of aryl methyl sites for hydroxylation is 1. The highest BCUT2D eigenvalue weighted by atomic mass is 32.1. The Morgan fingerprint density at radius 3 is 2.46 bits per heavy atom. The number of nitrogens with zero attached hydrogens (tertiary/aromatic N) is 5. The molecule has 2 aromatic heterocycles. The fraction of sp³-hybridized carbons (Fsp3) is 0.296. The van der Waals surface area contributed by atoms with E-state index in [9.17, 15) is 14.0 Å². The first-order valence-corrected chi connectivity index (χ1v) is 12.7. The highest BCUT2D eigenvalue weighted by molar-refractivity contribution is 7.10. The van der Waals surface area contributed by atoms with Gasteiger partial charge in [-0.2, -0.15) is 4.80 Å². The van der Waals surface area contributed by atoms with Gasteiger partial charge in [0.25, 0.3) is 0 Å². The number of benzene rings is 2. The Labute approximate surface area is 219 Å². The van der Waals surface area contributed by atoms with Crippen molar-refractivity contribution in [3.05, 3.63) is 87.9 Å². The molecule has 1 N–H and O–H groups in total. The molecule has 1 atom stereocenters. The van der Waals surface area contributed by atoms with Gasteiger partial charge in [0.2, 0.25) is 17.6 Å². The van der Waals surface area contributed by atoms with Crippen LogP contribution in [-0.2, 0) is 22.7 Å². The summed E-state index contributed by atoms with van der Waals surface area (Å²) in [6.07, 6.45) is 0. The van der Waals surface area contributed by atoms with E-state index < -0.39 is 23.3 Å². The highest BCUT2D eigenvalue weighted by Crippen LogP contribution is 2.29. The summed E-state index contributed by atoms with van der Waals surface area (Å²) in [5, 5.41) is 17.3. The number of amides is 2. The minimum atomic E-state index is -0.966. The third kappa shape index (κ3) is 6.65. The SMILES string of the molecule is Cc1ccc(-c2nnn(CC(=O)N(Cc3ccccc3F)[C@H](C(=O)NC(C)(C)C)c3cccs3)n2)cc1. The van der Waals surface area contributed by atoms with Crippen LogP contribution >= 0.6 is 11.3 Å². The maximum Gasteiger partial charge on any atom is 0.248 e. The van der Waals surface area contributed by atoms with E-state index in [-0.39, 0.29) is 19.0 Å². The van der Waals surface area contributed by atoms with Crippen molar-refractivity contribution >= 4 is 23.2 Å². The molecule has 8 nitrogen and oxygen atoms in total. The van der Waals surface area contributed by atoms with Gasteiger partial charge in [-0.1, -0.05) is 54.1 Å². The van der Waals surface area contributed by atoms with E-state index in [4.69, 9.17) is 0 Å². The number of halogens is 1. The molecule has 0 aliphatic rings. The Hall–Kier alpha value is -3.92. The second-order valence-corrected chi connectivity index (χ2v) is 10.8. The number of carbonyl (C=O) groups excluding carboxylic acids is 2. The van der Waals surface area contributed by atoms with Gasteiger partial charge in [0.15, 0.2) is 0 Å². The summed E-state index contributed by atoms with van der Waals surface area (Å²) in [6.45, 7) is 7.21. The molecule has 0 spiro atoms. The number of carbonyl (C=O) groups is 2. The molecule has 37 heavy (non-hydrogen) atoms. The van der Waals surface area contributed by atoms with Gasteiger partial charge in [0.1, 0.15) is 18.4 Å². The van der Waals surface area contributed by atoms with Gasteiger partial charge in [0, 0.05) is 28.1 Å². The maximum atomic E-state index is 14.7. The van der Waals surface area contributed by atoms with Crippen LogP contribution in [0.15, 0.2) is 66.0 Å². The lowest BCUT2D eigenvalue weighted by atomic mass is 10.1. The first kappa shape index (κ1) is 26.2. The first-order chi connectivity index (χ1) is 17.6. The van der Waals surface area contributed by atoms with Crippen LogP contribution in [0.4, 0.5) is 4.39 Å². The van der Waals surface area contributed by atoms with Crippen molar-refractivity contribution in [2.45, 2.75) is 52.4 Å². The molecule has 0 bridgehead atoms. The number of hydrogen-bond acceptors (Lipinski definition) is 6. The van der Waals surface area contributed by atoms with E-state index >= 15 is 0 Å². The lowest BCUT2D eigenvalue weighted by molar-refractivity contribution is -0.143. The molecule has 4 rings (SSSR count). The van der Waals surface area contributed by atoms with E-state index in [1.165, 1.54) is 27.1 Å². The minimum absolute atomic E-state index is 0.106. The normalized spacial score (nSPS) is 12.2. The van der Waals surface area contributed by atoms with Crippen LogP contribution in [0.25, 0.3) is 11.4 Å². The molecule has 0 saturated carbocycles. The average molecular weight is 521 g/mol. The Bertz CT molecular complexity index is 1360. The molecule has 192 valence electrons. The molecule has 0 radical (unpaired) electrons. The van der Waals surface area contributed by atoms with Crippen molar-refractivity contribution in [3.63, 3.8) is 0 Å². The number of hydrogen-bond donors (Lipinski definition) is 1. The largest absolute Gasteiger partial charge is 0.349 e. The van der Waals surface area contributed by atoms with Gasteiger partial charge in [0.05, 0.1) is 0 Å². The van der Waals surface area contributed by atoms with Crippen LogP contribution in [0, 0.1) is 12.7 Å². The molecule has 0 aliphatic heterocycles. The molecule has 10 heteroatoms. The lowest BCUT2D eigenvalue weighted by Crippen LogP contribution is -2.49. The number of rotatable bonds is 8. The molecule has 0 aliphatic carbocycles. The zero-order valence-electron chi connectivity index (χ0n) is 21.2. The van der Waals surface area contributed by atoms with Crippen molar-refractivity contribution in [1.82, 2.24) is 30.4 Å². The fourth-order valence-electron chi connectivity index (χ4n) is 3.78. The molecule has 2 amide bonds. The van der Waals surface area contributed by atoms with Gasteiger partial charge in [-0.3, -0.25) is 9.59 Å². The van der Waals surface area contributed by atoms with Crippen LogP contribution in [0.1, 0.15) is 42.8 Å². The predicted molar refractivity (Wildman–Crippen MR) is 140 cm³/mol. The standard InChI is InChI=1S/C27H29FN6O2S/c1-18-11-13-19(14-12-18)25-30-32-34(31-25)17-23(35)33(16-20-8-5-6-9-21(20)28)24(22-10-7-15-37-22)26(36)29-27(2,3)4/h5-15,24H,16-17H2,1-4H3,(H,29,36)/t24-/m0/s1. The Kier molecular flexibility index (Phi) is 7.77. The van der Waals surface area contributed by atoms with E-state index in [0.717, 1.165) is 11.1 Å². The molecule has 0 saturated heterocycles. The van der Waals surface area contributed by atoms with Crippen molar-refractivity contribution in [2.75, 3.05) is 0 Å². The summed E-state index contributed by atoms with van der Waals surface area (Å²) in [7, 11) is 0. The lowest BCUT2D eigenvalue weighted by Gasteiger charge is -2.33. The second-order valence-electron chi connectivity index (χ2n) is 9.78. The van der Waals surface area contributed by atoms with Crippen LogP contribution < -0.4 is 5.32 Å². The molecule has 2 aromatic carbocycles. The van der Waals surface area contributed by atoms with Gasteiger partial charge in [-0.15, -0.1) is 21.5 Å². The topological polar surface area (TPSA) is 93.0 Å². The maximum absolute atomic E-state index is 14.7. The zero-order valence-corrected chi connectivity index (χ0v) is 22.0. The van der Waals surface area contributed by atoms with Crippen LogP contribution in [0.2, 0.25) is 0 Å². The summed E-state index contributed by atoms with van der Waals surface area (Å²) in [5.41, 5.74) is 1.64. The molecular weight excluding hydrogens is 491 g/mol. The summed E-state index contributed by atoms with van der Waals surface area (Å²) in [4.78, 5) is 30.5. The Morgan fingerprint density at radius 2 is 1.81 bits per heavy atom. The molecular formula is C27H29FN6O2S. The summed E-state index contributed by atoms with van der Waals surface area (Å²) < 4.78 is 14.7. The third-order valence-electron chi connectivity index (χ3n) is 5.53. The van der Waals surface area contributed by atoms with Crippen molar-refractivity contribution in [2.24, 2.45) is 0 Å². The van der Waals surface area contributed by atoms with Gasteiger partial charge in [-0.25, -0.2) is 4.39 Å². The van der Waals surface area contributed by atoms with Crippen LogP contribution in [0.3, 0.4) is 0 Å². The van der Waals surface area contributed by atoms with Crippen LogP contribution in [0.5, 0.6) is 0 Å². The number of tetrazole rings is 1. The van der Waals surface area contributed by atoms with E-state index in [2.05, 4.69) is 20.7 Å². The summed E-state index contributed by atoms with van der Waals surface area (Å²) >= 11 is 1.36. The van der Waals surface area contributed by atoms with E-state index in [1.807, 2.05) is 63.4 Å². The Morgan fingerprint density at radius 1 is 1.08 bits per heavy atom. The minimum Gasteiger partial charge on any atom is -0.349 e. The average Bonchev–Trinajstić information content (AvgIpc) is 3.52. The first-order valence-electron chi connectivity index (χ1n) is 11.8. The van der Waals surface area contributed by atoms with Gasteiger partial charge >= 0.3 is 0 Å². The summed E-state index contributed by atoms with van der Waals surface area (Å²) in [6, 6.07) is 16.5. The second kappa shape index (κ2) is 11.0. The van der Waals surface area contributed by atoms with Crippen molar-refractivity contribution in [1.29, 1.82) is 0 Å². The number of aromatic nitrogens is 4. The van der Waals surface area contributed by atoms with Crippen molar-refractivity contribution in [3.8, 4) is 11.4 Å². The number of thiophene rings is 1. The van der Waals surface area contributed by atoms with Gasteiger partial charge < -0.3 is 10.2 Å². The zero-order chi connectivity index (χ0) is 26.6. The van der Waals surface area contributed by atoms with Crippen molar-refractivity contribution < 1.29 is 14.0 Å². The summed E-state index contributed by atoms with van der Waals surface area (Å²) in [5.74, 6) is -0.874. The monoisotopic (exact) mass is 520 g/mol.